The maximum atomic E-state index is 13.3. The molecule has 1 N–H and O–H groups in total. The molecule has 0 bridgehead atoms. The summed E-state index contributed by atoms with van der Waals surface area (Å²) in [5.41, 5.74) is 1.36. The lowest BCUT2D eigenvalue weighted by atomic mass is 9.87. The number of piperidine rings is 1. The third-order valence-corrected chi connectivity index (χ3v) is 8.12. The van der Waals surface area contributed by atoms with Crippen molar-refractivity contribution in [3.05, 3.63) is 42.2 Å². The van der Waals surface area contributed by atoms with Gasteiger partial charge in [0.15, 0.2) is 0 Å². The van der Waals surface area contributed by atoms with Crippen LogP contribution in [-0.4, -0.2) is 48.6 Å². The zero-order chi connectivity index (χ0) is 23.8. The van der Waals surface area contributed by atoms with Gasteiger partial charge in [0.05, 0.1) is 35.6 Å². The number of benzene rings is 1. The largest absolute Gasteiger partial charge is 0.494 e. The highest BCUT2D eigenvalue weighted by Gasteiger charge is 2.32. The van der Waals surface area contributed by atoms with Crippen molar-refractivity contribution in [2.24, 2.45) is 7.05 Å². The molecule has 9 nitrogen and oxygen atoms in total. The standard InChI is InChI=1S/C23H28N6O3S/c1-23(2,15-24)17-7-10-25-20(13-17)29-11-8-18(9-12-29)33(30,31)27-21-19(32-4)6-5-16-14-26-28(3)22(16)21/h5-7,10,13-14,18,27H,8-9,11-12H2,1-4H3. The molecule has 0 unspecified atom stereocenters. The molecule has 1 aliphatic rings. The van der Waals surface area contributed by atoms with E-state index in [9.17, 15) is 13.7 Å². The fraction of sp³-hybridized carbons (Fsp3) is 0.435. The second-order valence-corrected chi connectivity index (χ2v) is 10.8. The number of nitriles is 1. The Bertz CT molecular complexity index is 1320. The summed E-state index contributed by atoms with van der Waals surface area (Å²) < 4.78 is 36.5. The molecule has 0 amide bonds. The van der Waals surface area contributed by atoms with Crippen LogP contribution >= 0.6 is 0 Å². The van der Waals surface area contributed by atoms with Gasteiger partial charge in [0.25, 0.3) is 0 Å². The van der Waals surface area contributed by atoms with Gasteiger partial charge in [-0.25, -0.2) is 13.4 Å². The Labute approximate surface area is 194 Å². The first-order chi connectivity index (χ1) is 15.7. The van der Waals surface area contributed by atoms with Gasteiger partial charge in [0.2, 0.25) is 10.0 Å². The third kappa shape index (κ3) is 4.33. The summed E-state index contributed by atoms with van der Waals surface area (Å²) in [6.45, 7) is 4.85. The summed E-state index contributed by atoms with van der Waals surface area (Å²) in [5.74, 6) is 1.22. The summed E-state index contributed by atoms with van der Waals surface area (Å²) in [6, 6.07) is 9.68. The maximum absolute atomic E-state index is 13.3. The molecule has 4 rings (SSSR count). The molecule has 33 heavy (non-hydrogen) atoms. The number of methoxy groups -OCH3 is 1. The second kappa shape index (κ2) is 8.56. The lowest BCUT2D eigenvalue weighted by Gasteiger charge is -2.33. The van der Waals surface area contributed by atoms with Gasteiger partial charge in [0.1, 0.15) is 17.3 Å². The third-order valence-electron chi connectivity index (χ3n) is 6.28. The van der Waals surface area contributed by atoms with Crippen LogP contribution in [0, 0.1) is 11.3 Å². The van der Waals surface area contributed by atoms with E-state index in [1.54, 1.807) is 30.2 Å². The second-order valence-electron chi connectivity index (χ2n) is 8.82. The van der Waals surface area contributed by atoms with Crippen molar-refractivity contribution in [1.82, 2.24) is 14.8 Å². The van der Waals surface area contributed by atoms with E-state index in [0.717, 1.165) is 16.8 Å². The van der Waals surface area contributed by atoms with Crippen LogP contribution in [-0.2, 0) is 22.5 Å². The number of hydrogen-bond acceptors (Lipinski definition) is 7. The van der Waals surface area contributed by atoms with E-state index in [2.05, 4.69) is 25.8 Å². The molecule has 0 radical (unpaired) electrons. The van der Waals surface area contributed by atoms with Crippen molar-refractivity contribution in [2.75, 3.05) is 29.8 Å². The predicted molar refractivity (Wildman–Crippen MR) is 128 cm³/mol. The minimum absolute atomic E-state index is 0.408. The van der Waals surface area contributed by atoms with Gasteiger partial charge >= 0.3 is 0 Å². The Morgan fingerprint density at radius 2 is 1.97 bits per heavy atom. The molecule has 2 aromatic heterocycles. The number of sulfonamides is 1. The Morgan fingerprint density at radius 1 is 1.24 bits per heavy atom. The van der Waals surface area contributed by atoms with E-state index in [0.29, 0.717) is 42.9 Å². The van der Waals surface area contributed by atoms with Crippen LogP contribution in [0.1, 0.15) is 32.3 Å². The van der Waals surface area contributed by atoms with Crippen molar-refractivity contribution in [3.8, 4) is 11.8 Å². The van der Waals surface area contributed by atoms with E-state index >= 15 is 0 Å². The summed E-state index contributed by atoms with van der Waals surface area (Å²) in [5, 5.41) is 14.0. The zero-order valence-corrected chi connectivity index (χ0v) is 20.1. The summed E-state index contributed by atoms with van der Waals surface area (Å²) in [4.78, 5) is 6.53. The molecule has 1 fully saturated rings. The van der Waals surface area contributed by atoms with Gasteiger partial charge in [-0.1, -0.05) is 0 Å². The monoisotopic (exact) mass is 468 g/mol. The molecule has 0 spiro atoms. The minimum atomic E-state index is -3.66. The number of hydrogen-bond donors (Lipinski definition) is 1. The van der Waals surface area contributed by atoms with Crippen LogP contribution in [0.2, 0.25) is 0 Å². The van der Waals surface area contributed by atoms with Crippen molar-refractivity contribution >= 4 is 32.4 Å². The normalized spacial score (nSPS) is 15.4. The van der Waals surface area contributed by atoms with Crippen LogP contribution in [0.5, 0.6) is 5.75 Å². The average molecular weight is 469 g/mol. The molecule has 3 heterocycles. The molecule has 1 saturated heterocycles. The first-order valence-electron chi connectivity index (χ1n) is 10.8. The molecule has 174 valence electrons. The number of nitrogens with zero attached hydrogens (tertiary/aromatic N) is 5. The van der Waals surface area contributed by atoms with Crippen molar-refractivity contribution in [3.63, 3.8) is 0 Å². The fourth-order valence-electron chi connectivity index (χ4n) is 4.18. The Balaban J connectivity index is 1.52. The topological polar surface area (TPSA) is 113 Å². The molecular formula is C23H28N6O3S. The summed E-state index contributed by atoms with van der Waals surface area (Å²) in [6.07, 6.45) is 4.33. The fourth-order valence-corrected chi connectivity index (χ4v) is 5.66. The SMILES string of the molecule is COc1ccc2cnn(C)c2c1NS(=O)(=O)C1CCN(c2cc(C(C)(C)C#N)ccn2)CC1. The summed E-state index contributed by atoms with van der Waals surface area (Å²) in [7, 11) is -0.370. The van der Waals surface area contributed by atoms with E-state index in [-0.39, 0.29) is 0 Å². The molecule has 0 atom stereocenters. The quantitative estimate of drug-likeness (QED) is 0.591. The maximum Gasteiger partial charge on any atom is 0.235 e. The van der Waals surface area contributed by atoms with Crippen LogP contribution < -0.4 is 14.4 Å². The molecule has 0 saturated carbocycles. The number of nitrogens with one attached hydrogen (secondary N) is 1. The van der Waals surface area contributed by atoms with Crippen LogP contribution in [0.25, 0.3) is 10.9 Å². The lowest BCUT2D eigenvalue weighted by Crippen LogP contribution is -2.41. The Hall–Kier alpha value is -3.32. The lowest BCUT2D eigenvalue weighted by molar-refractivity contribution is 0.417. The van der Waals surface area contributed by atoms with Crippen LogP contribution in [0.3, 0.4) is 0 Å². The average Bonchev–Trinajstić information content (AvgIpc) is 3.20. The van der Waals surface area contributed by atoms with Crippen LogP contribution in [0.15, 0.2) is 36.7 Å². The molecule has 1 aliphatic heterocycles. The number of aromatic nitrogens is 3. The number of pyridine rings is 1. The molecule has 0 aliphatic carbocycles. The zero-order valence-electron chi connectivity index (χ0n) is 19.2. The van der Waals surface area contributed by atoms with Gasteiger partial charge in [-0.15, -0.1) is 0 Å². The van der Waals surface area contributed by atoms with E-state index in [1.807, 2.05) is 32.0 Å². The van der Waals surface area contributed by atoms with E-state index in [4.69, 9.17) is 4.74 Å². The van der Waals surface area contributed by atoms with Crippen molar-refractivity contribution in [2.45, 2.75) is 37.4 Å². The minimum Gasteiger partial charge on any atom is -0.494 e. The Kier molecular flexibility index (Phi) is 5.93. The van der Waals surface area contributed by atoms with Gasteiger partial charge in [0, 0.05) is 31.7 Å². The summed E-state index contributed by atoms with van der Waals surface area (Å²) >= 11 is 0. The molecule has 1 aromatic carbocycles. The smallest absolute Gasteiger partial charge is 0.235 e. The number of anilines is 2. The first-order valence-corrected chi connectivity index (χ1v) is 12.3. The van der Waals surface area contributed by atoms with Gasteiger partial charge in [-0.05, 0) is 56.5 Å². The van der Waals surface area contributed by atoms with Crippen LogP contribution in [0.4, 0.5) is 11.5 Å². The van der Waals surface area contributed by atoms with Gasteiger partial charge in [-0.3, -0.25) is 9.40 Å². The Morgan fingerprint density at radius 3 is 2.64 bits per heavy atom. The highest BCUT2D eigenvalue weighted by atomic mass is 32.2. The molecule has 10 heteroatoms. The van der Waals surface area contributed by atoms with Crippen molar-refractivity contribution in [1.29, 1.82) is 5.26 Å². The highest BCUT2D eigenvalue weighted by Crippen LogP contribution is 2.35. The van der Waals surface area contributed by atoms with Crippen molar-refractivity contribution < 1.29 is 13.2 Å². The number of ether oxygens (including phenoxy) is 1. The van der Waals surface area contributed by atoms with Gasteiger partial charge < -0.3 is 9.64 Å². The van der Waals surface area contributed by atoms with E-state index in [1.165, 1.54) is 7.11 Å². The number of aryl methyl sites for hydroxylation is 1. The number of fused-ring (bicyclic) bond motifs is 1. The predicted octanol–water partition coefficient (Wildman–Crippen LogP) is 3.19. The highest BCUT2D eigenvalue weighted by molar-refractivity contribution is 7.93. The molecular weight excluding hydrogens is 440 g/mol. The number of rotatable bonds is 6. The first kappa shape index (κ1) is 22.9. The molecule has 3 aromatic rings. The van der Waals surface area contributed by atoms with E-state index < -0.39 is 20.7 Å². The van der Waals surface area contributed by atoms with Gasteiger partial charge in [-0.2, -0.15) is 10.4 Å².